The largest absolute Gasteiger partial charge is 0.493 e. The number of rotatable bonds is 4. The molecule has 0 radical (unpaired) electrons. The van der Waals surface area contributed by atoms with Gasteiger partial charge in [-0.05, 0) is 30.3 Å². The molecule has 1 atom stereocenters. The van der Waals surface area contributed by atoms with Gasteiger partial charge in [-0.15, -0.1) is 5.10 Å². The van der Waals surface area contributed by atoms with E-state index in [4.69, 9.17) is 29.4 Å². The molecule has 3 N–H and O–H groups in total. The fourth-order valence-corrected chi connectivity index (χ4v) is 4.00. The lowest BCUT2D eigenvalue weighted by Crippen LogP contribution is -2.21. The Balaban J connectivity index is 1.80. The Morgan fingerprint density at radius 2 is 1.94 bits per heavy atom. The van der Waals surface area contributed by atoms with Crippen molar-refractivity contribution in [1.82, 2.24) is 10.2 Å². The monoisotopic (exact) mass is 436 g/mol. The van der Waals surface area contributed by atoms with Crippen molar-refractivity contribution in [3.63, 3.8) is 0 Å². The molecule has 2 aliphatic rings. The topological polar surface area (TPSA) is 125 Å². The average Bonchev–Trinajstić information content (AvgIpc) is 3.45. The van der Waals surface area contributed by atoms with Crippen molar-refractivity contribution in [3.05, 3.63) is 58.7 Å². The highest BCUT2D eigenvalue weighted by atomic mass is 19.1. The number of nitrogens with one attached hydrogen (secondary N) is 1. The molecule has 0 amide bonds. The number of halogens is 1. The molecule has 5 rings (SSSR count). The van der Waals surface area contributed by atoms with E-state index in [0.29, 0.717) is 45.4 Å². The zero-order valence-electron chi connectivity index (χ0n) is 17.1. The molecule has 0 saturated carbocycles. The maximum Gasteiger partial charge on any atom is 0.244 e. The number of ether oxygens (including phenoxy) is 5. The summed E-state index contributed by atoms with van der Waals surface area (Å²) in [5, 5.41) is 17.1. The van der Waals surface area contributed by atoms with Gasteiger partial charge in [-0.2, -0.15) is 5.26 Å². The SMILES string of the molecule is COc1cc([C@@H]2C(C#N)=C(N)Oc3n[nH]c(-c4ccc(F)cc4)c32)c(OC)c2c1OCO2. The minimum atomic E-state index is -0.735. The third-order valence-electron chi connectivity index (χ3n) is 5.40. The molecule has 2 aliphatic heterocycles. The second-order valence-electron chi connectivity index (χ2n) is 7.02. The van der Waals surface area contributed by atoms with Crippen molar-refractivity contribution < 1.29 is 28.1 Å². The summed E-state index contributed by atoms with van der Waals surface area (Å²) in [7, 11) is 2.99. The summed E-state index contributed by atoms with van der Waals surface area (Å²) in [6, 6.07) is 9.72. The van der Waals surface area contributed by atoms with Gasteiger partial charge < -0.3 is 29.4 Å². The first-order valence-electron chi connectivity index (χ1n) is 9.53. The molecule has 32 heavy (non-hydrogen) atoms. The second kappa shape index (κ2) is 7.39. The van der Waals surface area contributed by atoms with Crippen LogP contribution in [0.15, 0.2) is 41.8 Å². The average molecular weight is 436 g/mol. The van der Waals surface area contributed by atoms with Gasteiger partial charge in [-0.1, -0.05) is 0 Å². The lowest BCUT2D eigenvalue weighted by Gasteiger charge is -2.26. The van der Waals surface area contributed by atoms with Gasteiger partial charge in [0.25, 0.3) is 0 Å². The van der Waals surface area contributed by atoms with E-state index >= 15 is 0 Å². The number of aromatic amines is 1. The molecule has 0 bridgehead atoms. The summed E-state index contributed by atoms with van der Waals surface area (Å²) in [6.07, 6.45) is 0. The Morgan fingerprint density at radius 1 is 1.19 bits per heavy atom. The smallest absolute Gasteiger partial charge is 0.244 e. The number of aromatic nitrogens is 2. The highest BCUT2D eigenvalue weighted by Gasteiger charge is 2.40. The maximum atomic E-state index is 13.5. The number of fused-ring (bicyclic) bond motifs is 2. The second-order valence-corrected chi connectivity index (χ2v) is 7.02. The van der Waals surface area contributed by atoms with Crippen LogP contribution in [0.25, 0.3) is 11.3 Å². The summed E-state index contributed by atoms with van der Waals surface area (Å²) >= 11 is 0. The number of methoxy groups -OCH3 is 2. The summed E-state index contributed by atoms with van der Waals surface area (Å²) < 4.78 is 41.5. The first-order valence-corrected chi connectivity index (χ1v) is 9.53. The molecular weight excluding hydrogens is 419 g/mol. The Kier molecular flexibility index (Phi) is 4.52. The van der Waals surface area contributed by atoms with Gasteiger partial charge in [0.15, 0.2) is 11.5 Å². The molecule has 0 unspecified atom stereocenters. The van der Waals surface area contributed by atoms with Crippen LogP contribution < -0.4 is 29.4 Å². The molecule has 9 nitrogen and oxygen atoms in total. The third-order valence-corrected chi connectivity index (χ3v) is 5.40. The van der Waals surface area contributed by atoms with Gasteiger partial charge in [-0.25, -0.2) is 4.39 Å². The maximum absolute atomic E-state index is 13.5. The number of hydrogen-bond donors (Lipinski definition) is 2. The van der Waals surface area contributed by atoms with Crippen LogP contribution in [0.3, 0.4) is 0 Å². The molecule has 3 aromatic rings. The number of benzene rings is 2. The van der Waals surface area contributed by atoms with Gasteiger partial charge in [-0.3, -0.25) is 5.10 Å². The predicted molar refractivity (Wildman–Crippen MR) is 109 cm³/mol. The molecule has 10 heteroatoms. The molecule has 0 spiro atoms. The summed E-state index contributed by atoms with van der Waals surface area (Å²) in [5.74, 6) is 0.539. The van der Waals surface area contributed by atoms with Crippen LogP contribution in [0.4, 0.5) is 4.39 Å². The summed E-state index contributed by atoms with van der Waals surface area (Å²) in [5.41, 5.74) is 8.52. The van der Waals surface area contributed by atoms with E-state index in [2.05, 4.69) is 16.3 Å². The van der Waals surface area contributed by atoms with E-state index in [1.165, 1.54) is 26.4 Å². The van der Waals surface area contributed by atoms with Gasteiger partial charge in [0, 0.05) is 11.1 Å². The van der Waals surface area contributed by atoms with Crippen molar-refractivity contribution in [3.8, 4) is 46.2 Å². The van der Waals surface area contributed by atoms with Crippen LogP contribution in [0, 0.1) is 17.1 Å². The quantitative estimate of drug-likeness (QED) is 0.639. The highest BCUT2D eigenvalue weighted by Crippen LogP contribution is 2.55. The van der Waals surface area contributed by atoms with E-state index in [-0.39, 0.29) is 29.9 Å². The molecule has 0 aliphatic carbocycles. The van der Waals surface area contributed by atoms with Crippen molar-refractivity contribution in [2.75, 3.05) is 21.0 Å². The minimum absolute atomic E-state index is 0.000158. The molecule has 0 saturated heterocycles. The molecule has 3 heterocycles. The van der Waals surface area contributed by atoms with Gasteiger partial charge >= 0.3 is 0 Å². The predicted octanol–water partition coefficient (Wildman–Crippen LogP) is 3.18. The van der Waals surface area contributed by atoms with E-state index in [1.807, 2.05) is 0 Å². The van der Waals surface area contributed by atoms with Gasteiger partial charge in [0.05, 0.1) is 31.4 Å². The molecule has 0 fully saturated rings. The van der Waals surface area contributed by atoms with Crippen molar-refractivity contribution in [2.24, 2.45) is 5.73 Å². The van der Waals surface area contributed by atoms with Crippen LogP contribution in [0.1, 0.15) is 17.0 Å². The number of nitrogens with two attached hydrogens (primary N) is 1. The van der Waals surface area contributed by atoms with Crippen molar-refractivity contribution in [1.29, 1.82) is 5.26 Å². The number of H-pyrrole nitrogens is 1. The standard InChI is InChI=1S/C22H17FN4O5/c1-28-14-7-12(18(29-2)20-19(14)30-9-31-20)15-13(8-24)21(25)32-22-16(15)17(26-27-22)10-3-5-11(23)6-4-10/h3-7,15H,9,25H2,1-2H3,(H,26,27)/t15-/m1/s1. The number of hydrogen-bond acceptors (Lipinski definition) is 8. The zero-order valence-corrected chi connectivity index (χ0v) is 17.1. The molecule has 2 aromatic carbocycles. The van der Waals surface area contributed by atoms with Crippen LogP contribution in [-0.2, 0) is 0 Å². The van der Waals surface area contributed by atoms with Crippen LogP contribution in [-0.4, -0.2) is 31.2 Å². The number of nitriles is 1. The third kappa shape index (κ3) is 2.79. The molecular formula is C22H17FN4O5. The summed E-state index contributed by atoms with van der Waals surface area (Å²) in [4.78, 5) is 0. The van der Waals surface area contributed by atoms with Crippen LogP contribution in [0.5, 0.6) is 28.9 Å². The lowest BCUT2D eigenvalue weighted by molar-refractivity contribution is 0.168. The Labute approximate surface area is 181 Å². The van der Waals surface area contributed by atoms with E-state index < -0.39 is 5.92 Å². The normalized spacial score (nSPS) is 16.2. The molecule has 1 aromatic heterocycles. The zero-order chi connectivity index (χ0) is 22.4. The Bertz CT molecular complexity index is 1290. The minimum Gasteiger partial charge on any atom is -0.493 e. The van der Waals surface area contributed by atoms with Crippen molar-refractivity contribution in [2.45, 2.75) is 5.92 Å². The van der Waals surface area contributed by atoms with Crippen LogP contribution in [0.2, 0.25) is 0 Å². The van der Waals surface area contributed by atoms with Gasteiger partial charge in [0.2, 0.25) is 30.1 Å². The Morgan fingerprint density at radius 3 is 2.62 bits per heavy atom. The summed E-state index contributed by atoms with van der Waals surface area (Å²) in [6.45, 7) is 0.000158. The lowest BCUT2D eigenvalue weighted by atomic mass is 9.82. The van der Waals surface area contributed by atoms with Crippen molar-refractivity contribution >= 4 is 0 Å². The first kappa shape index (κ1) is 19.6. The Hall–Kier alpha value is -4.39. The van der Waals surface area contributed by atoms with E-state index in [9.17, 15) is 9.65 Å². The van der Waals surface area contributed by atoms with Gasteiger partial charge in [0.1, 0.15) is 17.5 Å². The van der Waals surface area contributed by atoms with E-state index in [1.54, 1.807) is 18.2 Å². The fraction of sp³-hybridized carbons (Fsp3) is 0.182. The van der Waals surface area contributed by atoms with E-state index in [0.717, 1.165) is 0 Å². The highest BCUT2D eigenvalue weighted by molar-refractivity contribution is 5.74. The van der Waals surface area contributed by atoms with Crippen LogP contribution >= 0.6 is 0 Å². The first-order chi connectivity index (χ1) is 15.6. The molecule has 162 valence electrons. The number of allylic oxidation sites excluding steroid dienone is 1. The fourth-order valence-electron chi connectivity index (χ4n) is 4.00. The number of nitrogens with zero attached hydrogens (tertiary/aromatic N) is 2.